The number of amides is 2. The number of thiocarbonyl (C=S) groups is 1. The lowest BCUT2D eigenvalue weighted by atomic mass is 10.0. The van der Waals surface area contributed by atoms with Crippen molar-refractivity contribution in [2.24, 2.45) is 5.92 Å². The van der Waals surface area contributed by atoms with Crippen molar-refractivity contribution in [3.8, 4) is 0 Å². The standard InChI is InChI=1S/C21H28N4O3S/c1-3-4-5-7-15(2)14-22-21(29)25-24-19(26)16-9-11-17(12-10-16)23-20(27)18-8-6-13-28-18/h6,8-13,15H,3-5,7,14H2,1-2H3,(H,23,27)(H,24,26)(H2,22,25,29)/t15-/m0/s1. The molecule has 0 saturated heterocycles. The van der Waals surface area contributed by atoms with Gasteiger partial charge in [0.2, 0.25) is 0 Å². The SMILES string of the molecule is CCCCC[C@H](C)CNC(=S)NNC(=O)c1ccc(NC(=O)c2ccco2)cc1. The van der Waals surface area contributed by atoms with Gasteiger partial charge in [-0.15, -0.1) is 0 Å². The number of carbonyl (C=O) groups is 2. The van der Waals surface area contributed by atoms with Crippen molar-refractivity contribution in [3.05, 3.63) is 54.0 Å². The number of furan rings is 1. The first-order chi connectivity index (χ1) is 14.0. The van der Waals surface area contributed by atoms with Crippen LogP contribution in [0.2, 0.25) is 0 Å². The summed E-state index contributed by atoms with van der Waals surface area (Å²) < 4.78 is 5.04. The molecule has 2 amide bonds. The Kier molecular flexibility index (Phi) is 9.17. The van der Waals surface area contributed by atoms with Crippen molar-refractivity contribution >= 4 is 34.8 Å². The van der Waals surface area contributed by atoms with E-state index in [1.807, 2.05) is 0 Å². The first-order valence-electron chi connectivity index (χ1n) is 9.78. The number of benzene rings is 1. The predicted molar refractivity (Wildman–Crippen MR) is 118 cm³/mol. The zero-order chi connectivity index (χ0) is 21.1. The Morgan fingerprint density at radius 2 is 1.83 bits per heavy atom. The van der Waals surface area contributed by atoms with Crippen LogP contribution in [0.15, 0.2) is 47.1 Å². The highest BCUT2D eigenvalue weighted by Gasteiger charge is 2.10. The van der Waals surface area contributed by atoms with Crippen molar-refractivity contribution < 1.29 is 14.0 Å². The molecule has 1 atom stereocenters. The Bertz CT molecular complexity index is 791. The summed E-state index contributed by atoms with van der Waals surface area (Å²) in [4.78, 5) is 24.2. The van der Waals surface area contributed by atoms with Crippen LogP contribution in [0.5, 0.6) is 0 Å². The number of anilines is 1. The molecule has 2 aromatic rings. The normalized spacial score (nSPS) is 11.4. The lowest BCUT2D eigenvalue weighted by molar-refractivity contribution is 0.0943. The van der Waals surface area contributed by atoms with Gasteiger partial charge in [0.15, 0.2) is 10.9 Å². The summed E-state index contributed by atoms with van der Waals surface area (Å²) in [5, 5.41) is 6.18. The maximum Gasteiger partial charge on any atom is 0.291 e. The lowest BCUT2D eigenvalue weighted by Crippen LogP contribution is -2.47. The van der Waals surface area contributed by atoms with E-state index < -0.39 is 0 Å². The Morgan fingerprint density at radius 3 is 2.48 bits per heavy atom. The maximum absolute atomic E-state index is 12.2. The molecule has 0 bridgehead atoms. The second-order valence-electron chi connectivity index (χ2n) is 6.90. The van der Waals surface area contributed by atoms with Crippen molar-refractivity contribution in [2.45, 2.75) is 39.5 Å². The van der Waals surface area contributed by atoms with Crippen molar-refractivity contribution in [3.63, 3.8) is 0 Å². The number of carbonyl (C=O) groups excluding carboxylic acids is 2. The minimum Gasteiger partial charge on any atom is -0.459 e. The third-order valence-electron chi connectivity index (χ3n) is 4.35. The van der Waals surface area contributed by atoms with Gasteiger partial charge in [0.25, 0.3) is 11.8 Å². The van der Waals surface area contributed by atoms with Crippen LogP contribution in [0.4, 0.5) is 5.69 Å². The van der Waals surface area contributed by atoms with E-state index in [-0.39, 0.29) is 17.6 Å². The molecule has 0 aliphatic heterocycles. The van der Waals surface area contributed by atoms with Gasteiger partial charge in [-0.3, -0.25) is 20.4 Å². The van der Waals surface area contributed by atoms with Gasteiger partial charge in [-0.25, -0.2) is 0 Å². The monoisotopic (exact) mass is 416 g/mol. The average molecular weight is 417 g/mol. The topological polar surface area (TPSA) is 95.4 Å². The number of rotatable bonds is 9. The molecule has 0 aliphatic rings. The zero-order valence-corrected chi connectivity index (χ0v) is 17.6. The third-order valence-corrected chi connectivity index (χ3v) is 4.60. The molecule has 29 heavy (non-hydrogen) atoms. The largest absolute Gasteiger partial charge is 0.459 e. The number of nitrogens with one attached hydrogen (secondary N) is 4. The average Bonchev–Trinajstić information content (AvgIpc) is 3.26. The highest BCUT2D eigenvalue weighted by Crippen LogP contribution is 2.12. The molecule has 0 aliphatic carbocycles. The quantitative estimate of drug-likeness (QED) is 0.282. The summed E-state index contributed by atoms with van der Waals surface area (Å²) in [5.74, 6) is 0.0564. The van der Waals surface area contributed by atoms with Crippen LogP contribution in [0.3, 0.4) is 0 Å². The fourth-order valence-corrected chi connectivity index (χ4v) is 2.78. The molecule has 156 valence electrons. The molecule has 2 rings (SSSR count). The van der Waals surface area contributed by atoms with E-state index in [1.165, 1.54) is 25.5 Å². The predicted octanol–water partition coefficient (Wildman–Crippen LogP) is 3.86. The van der Waals surface area contributed by atoms with Gasteiger partial charge in [0, 0.05) is 17.8 Å². The van der Waals surface area contributed by atoms with Gasteiger partial charge >= 0.3 is 0 Å². The van der Waals surface area contributed by atoms with E-state index in [0.29, 0.717) is 22.3 Å². The second kappa shape index (κ2) is 11.9. The van der Waals surface area contributed by atoms with Crippen LogP contribution in [0.25, 0.3) is 0 Å². The van der Waals surface area contributed by atoms with E-state index in [2.05, 4.69) is 35.3 Å². The second-order valence-corrected chi connectivity index (χ2v) is 7.31. The smallest absolute Gasteiger partial charge is 0.291 e. The van der Waals surface area contributed by atoms with E-state index >= 15 is 0 Å². The van der Waals surface area contributed by atoms with Crippen molar-refractivity contribution in [1.82, 2.24) is 16.2 Å². The van der Waals surface area contributed by atoms with Crippen molar-refractivity contribution in [1.29, 1.82) is 0 Å². The first-order valence-corrected chi connectivity index (χ1v) is 10.2. The molecule has 0 radical (unpaired) electrons. The van der Waals surface area contributed by atoms with Gasteiger partial charge in [0.05, 0.1) is 6.26 Å². The van der Waals surface area contributed by atoms with Gasteiger partial charge in [0.1, 0.15) is 0 Å². The number of hydrazine groups is 1. The molecular weight excluding hydrogens is 388 g/mol. The fraction of sp³-hybridized carbons (Fsp3) is 0.381. The van der Waals surface area contributed by atoms with Gasteiger partial charge < -0.3 is 15.1 Å². The van der Waals surface area contributed by atoms with Gasteiger partial charge in [-0.1, -0.05) is 33.1 Å². The van der Waals surface area contributed by atoms with Crippen molar-refractivity contribution in [2.75, 3.05) is 11.9 Å². The summed E-state index contributed by atoms with van der Waals surface area (Å²) >= 11 is 5.19. The summed E-state index contributed by atoms with van der Waals surface area (Å²) in [6.07, 6.45) is 6.26. The Balaban J connectivity index is 1.72. The number of hydrogen-bond donors (Lipinski definition) is 4. The molecule has 8 heteroatoms. The van der Waals surface area contributed by atoms with E-state index in [9.17, 15) is 9.59 Å². The highest BCUT2D eigenvalue weighted by molar-refractivity contribution is 7.80. The summed E-state index contributed by atoms with van der Waals surface area (Å²) in [5.41, 5.74) is 6.26. The third kappa shape index (κ3) is 7.95. The van der Waals surface area contributed by atoms with E-state index in [0.717, 1.165) is 13.0 Å². The summed E-state index contributed by atoms with van der Waals surface area (Å²) in [6, 6.07) is 9.73. The van der Waals surface area contributed by atoms with Crippen LogP contribution in [0, 0.1) is 5.92 Å². The molecule has 7 nitrogen and oxygen atoms in total. The summed E-state index contributed by atoms with van der Waals surface area (Å²) in [7, 11) is 0. The highest BCUT2D eigenvalue weighted by atomic mass is 32.1. The molecule has 0 saturated carbocycles. The summed E-state index contributed by atoms with van der Waals surface area (Å²) in [6.45, 7) is 5.13. The van der Waals surface area contributed by atoms with E-state index in [1.54, 1.807) is 36.4 Å². The minimum atomic E-state index is -0.353. The van der Waals surface area contributed by atoms with Gasteiger partial charge in [-0.2, -0.15) is 0 Å². The first kappa shape index (κ1) is 22.4. The van der Waals surface area contributed by atoms with Crippen LogP contribution < -0.4 is 21.5 Å². The van der Waals surface area contributed by atoms with Crippen LogP contribution >= 0.6 is 12.2 Å². The fourth-order valence-electron chi connectivity index (χ4n) is 2.65. The molecule has 1 aromatic heterocycles. The zero-order valence-electron chi connectivity index (χ0n) is 16.8. The van der Waals surface area contributed by atoms with E-state index in [4.69, 9.17) is 16.6 Å². The minimum absolute atomic E-state index is 0.219. The number of hydrogen-bond acceptors (Lipinski definition) is 4. The molecule has 0 spiro atoms. The Hall–Kier alpha value is -2.87. The molecule has 0 fully saturated rings. The van der Waals surface area contributed by atoms with Crippen LogP contribution in [0.1, 0.15) is 60.4 Å². The number of unbranched alkanes of at least 4 members (excludes halogenated alkanes) is 2. The molecular formula is C21H28N4O3S. The lowest BCUT2D eigenvalue weighted by Gasteiger charge is -2.15. The maximum atomic E-state index is 12.2. The van der Waals surface area contributed by atoms with Crippen LogP contribution in [-0.4, -0.2) is 23.5 Å². The molecule has 1 heterocycles. The van der Waals surface area contributed by atoms with Crippen LogP contribution in [-0.2, 0) is 0 Å². The van der Waals surface area contributed by atoms with Gasteiger partial charge in [-0.05, 0) is 61.0 Å². The Morgan fingerprint density at radius 1 is 1.07 bits per heavy atom. The molecule has 0 unspecified atom stereocenters. The Labute approximate surface area is 176 Å². The molecule has 1 aromatic carbocycles. The molecule has 4 N–H and O–H groups in total.